The average Bonchev–Trinajstić information content (AvgIpc) is 2.70. The van der Waals surface area contributed by atoms with E-state index >= 15 is 0 Å². The summed E-state index contributed by atoms with van der Waals surface area (Å²) in [4.78, 5) is 25.8. The van der Waals surface area contributed by atoms with Gasteiger partial charge in [0.2, 0.25) is 5.72 Å². The van der Waals surface area contributed by atoms with Crippen LogP contribution in [0.25, 0.3) is 0 Å². The van der Waals surface area contributed by atoms with Crippen LogP contribution in [0.2, 0.25) is 0 Å². The van der Waals surface area contributed by atoms with Gasteiger partial charge in [0.25, 0.3) is 11.6 Å². The molecule has 1 atom stereocenters. The van der Waals surface area contributed by atoms with Crippen molar-refractivity contribution in [1.29, 1.82) is 0 Å². The highest BCUT2D eigenvalue weighted by molar-refractivity contribution is 6.06. The molecule has 3 rings (SSSR count). The smallest absolute Gasteiger partial charge is 0.279 e. The number of amides is 1. The Morgan fingerprint density at radius 3 is 2.67 bits per heavy atom. The first-order chi connectivity index (χ1) is 9.96. The van der Waals surface area contributed by atoms with Gasteiger partial charge in [-0.05, 0) is 6.07 Å². The van der Waals surface area contributed by atoms with Crippen LogP contribution in [0.1, 0.15) is 5.56 Å². The summed E-state index contributed by atoms with van der Waals surface area (Å²) < 4.78 is 5.23. The van der Waals surface area contributed by atoms with E-state index in [1.54, 1.807) is 11.9 Å². The summed E-state index contributed by atoms with van der Waals surface area (Å²) in [6.07, 6.45) is 0. The summed E-state index contributed by atoms with van der Waals surface area (Å²) in [7, 11) is 1.55. The molecular weight excluding hydrogens is 278 g/mol. The van der Waals surface area contributed by atoms with Gasteiger partial charge in [0.05, 0.1) is 23.8 Å². The Hall–Kier alpha value is -2.03. The van der Waals surface area contributed by atoms with Gasteiger partial charge in [0.15, 0.2) is 0 Å². The van der Waals surface area contributed by atoms with E-state index in [2.05, 4.69) is 0 Å². The number of ether oxygens (including phenoxy) is 1. The number of likely N-dealkylation sites (N-methyl/N-ethyl adjacent to an activating group) is 1. The number of aliphatic hydroxyl groups is 1. The lowest BCUT2D eigenvalue weighted by Gasteiger charge is -2.37. The average molecular weight is 293 g/mol. The lowest BCUT2D eigenvalue weighted by Crippen LogP contribution is -2.56. The molecule has 0 unspecified atom stereocenters. The predicted octanol–water partition coefficient (Wildman–Crippen LogP) is 0.0485. The number of hydrogen-bond donors (Lipinski definition) is 1. The normalized spacial score (nSPS) is 26.0. The van der Waals surface area contributed by atoms with Crippen LogP contribution >= 0.6 is 0 Å². The molecule has 8 nitrogen and oxygen atoms in total. The van der Waals surface area contributed by atoms with Gasteiger partial charge in [-0.2, -0.15) is 0 Å². The molecule has 0 bridgehead atoms. The Morgan fingerprint density at radius 1 is 1.38 bits per heavy atom. The SMILES string of the molecule is CN1C(=O)[C@](O)(N2CCOCC2)c2cc([N+](=O)[O-])ccc21. The first-order valence-electron chi connectivity index (χ1n) is 6.58. The van der Waals surface area contributed by atoms with Gasteiger partial charge in [-0.1, -0.05) is 0 Å². The number of carbonyl (C=O) groups excluding carboxylic acids is 1. The zero-order chi connectivity index (χ0) is 15.2. The zero-order valence-electron chi connectivity index (χ0n) is 11.5. The van der Waals surface area contributed by atoms with Crippen molar-refractivity contribution in [3.63, 3.8) is 0 Å². The topological polar surface area (TPSA) is 96.2 Å². The number of hydrogen-bond acceptors (Lipinski definition) is 6. The monoisotopic (exact) mass is 293 g/mol. The van der Waals surface area contributed by atoms with Crippen molar-refractivity contribution in [1.82, 2.24) is 4.90 Å². The summed E-state index contributed by atoms with van der Waals surface area (Å²) in [5, 5.41) is 21.9. The first kappa shape index (κ1) is 13.9. The third-order valence-corrected chi connectivity index (χ3v) is 4.00. The van der Waals surface area contributed by atoms with Gasteiger partial charge >= 0.3 is 0 Å². The fraction of sp³-hybridized carbons (Fsp3) is 0.462. The summed E-state index contributed by atoms with van der Waals surface area (Å²) in [6, 6.07) is 4.09. The van der Waals surface area contributed by atoms with Gasteiger partial charge < -0.3 is 14.7 Å². The van der Waals surface area contributed by atoms with Crippen LogP contribution in [0, 0.1) is 10.1 Å². The van der Waals surface area contributed by atoms with E-state index in [-0.39, 0.29) is 11.3 Å². The number of fused-ring (bicyclic) bond motifs is 1. The molecule has 1 aromatic rings. The maximum Gasteiger partial charge on any atom is 0.279 e. The molecule has 0 spiro atoms. The largest absolute Gasteiger partial charge is 0.379 e. The second-order valence-corrected chi connectivity index (χ2v) is 5.09. The van der Waals surface area contributed by atoms with E-state index in [9.17, 15) is 20.0 Å². The zero-order valence-corrected chi connectivity index (χ0v) is 11.5. The molecule has 2 aliphatic heterocycles. The van der Waals surface area contributed by atoms with Crippen molar-refractivity contribution in [2.24, 2.45) is 0 Å². The minimum absolute atomic E-state index is 0.150. The van der Waals surface area contributed by atoms with Gasteiger partial charge in [-0.3, -0.25) is 19.8 Å². The fourth-order valence-corrected chi connectivity index (χ4v) is 2.86. The fourth-order valence-electron chi connectivity index (χ4n) is 2.86. The molecule has 1 fully saturated rings. The lowest BCUT2D eigenvalue weighted by atomic mass is 10.0. The maximum atomic E-state index is 12.5. The number of anilines is 1. The van der Waals surface area contributed by atoms with Gasteiger partial charge in [-0.25, -0.2) is 0 Å². The van der Waals surface area contributed by atoms with Gasteiger partial charge in [-0.15, -0.1) is 0 Å². The Balaban J connectivity index is 2.12. The van der Waals surface area contributed by atoms with Crippen LogP contribution in [0.4, 0.5) is 11.4 Å². The van der Waals surface area contributed by atoms with Crippen molar-refractivity contribution in [3.8, 4) is 0 Å². The van der Waals surface area contributed by atoms with Gasteiger partial charge in [0, 0.05) is 37.8 Å². The highest BCUT2D eigenvalue weighted by Gasteiger charge is 2.53. The van der Waals surface area contributed by atoms with Crippen LogP contribution in [-0.2, 0) is 15.3 Å². The number of morpholine rings is 1. The van der Waals surface area contributed by atoms with E-state index in [1.165, 1.54) is 23.1 Å². The van der Waals surface area contributed by atoms with Crippen LogP contribution in [0.3, 0.4) is 0 Å². The third-order valence-electron chi connectivity index (χ3n) is 4.00. The van der Waals surface area contributed by atoms with E-state index in [0.29, 0.717) is 32.0 Å². The number of non-ortho nitro benzene ring substituents is 1. The summed E-state index contributed by atoms with van der Waals surface area (Å²) >= 11 is 0. The van der Waals surface area contributed by atoms with E-state index in [4.69, 9.17) is 4.74 Å². The van der Waals surface area contributed by atoms with Crippen LogP contribution in [0.5, 0.6) is 0 Å². The van der Waals surface area contributed by atoms with Crippen molar-refractivity contribution < 1.29 is 19.6 Å². The quantitative estimate of drug-likeness (QED) is 0.611. The maximum absolute atomic E-state index is 12.5. The third kappa shape index (κ3) is 1.91. The van der Waals surface area contributed by atoms with Crippen molar-refractivity contribution in [2.45, 2.75) is 5.72 Å². The second-order valence-electron chi connectivity index (χ2n) is 5.09. The molecule has 8 heteroatoms. The Kier molecular flexibility index (Phi) is 3.16. The minimum atomic E-state index is -1.86. The summed E-state index contributed by atoms with van der Waals surface area (Å²) in [6.45, 7) is 1.59. The number of nitro groups is 1. The van der Waals surface area contributed by atoms with Gasteiger partial charge in [0.1, 0.15) is 0 Å². The van der Waals surface area contributed by atoms with Crippen LogP contribution in [-0.4, -0.2) is 54.2 Å². The molecule has 0 aromatic heterocycles. The Labute approximate surface area is 120 Å². The number of nitrogens with zero attached hydrogens (tertiary/aromatic N) is 3. The molecule has 1 amide bonds. The van der Waals surface area contributed by atoms with Crippen molar-refractivity contribution in [2.75, 3.05) is 38.3 Å². The minimum Gasteiger partial charge on any atom is -0.379 e. The second kappa shape index (κ2) is 4.76. The molecule has 1 saturated heterocycles. The van der Waals surface area contributed by atoms with Crippen molar-refractivity contribution in [3.05, 3.63) is 33.9 Å². The molecule has 112 valence electrons. The number of nitro benzene ring substituents is 1. The highest BCUT2D eigenvalue weighted by atomic mass is 16.6. The molecule has 21 heavy (non-hydrogen) atoms. The van der Waals surface area contributed by atoms with E-state index in [0.717, 1.165) is 0 Å². The van der Waals surface area contributed by atoms with E-state index < -0.39 is 16.6 Å². The van der Waals surface area contributed by atoms with E-state index in [1.807, 2.05) is 0 Å². The summed E-state index contributed by atoms with van der Waals surface area (Å²) in [5.74, 6) is -0.500. The molecule has 1 N–H and O–H groups in total. The molecular formula is C13H15N3O5. The lowest BCUT2D eigenvalue weighted by molar-refractivity contribution is -0.385. The predicted molar refractivity (Wildman–Crippen MR) is 72.8 cm³/mol. The molecule has 2 heterocycles. The standard InChI is InChI=1S/C13H15N3O5/c1-14-11-3-2-9(16(19)20)8-10(11)13(18,12(14)17)15-4-6-21-7-5-15/h2-3,8,18H,4-7H2,1H3/t13-/m0/s1. The first-order valence-corrected chi connectivity index (χ1v) is 6.58. The molecule has 0 saturated carbocycles. The molecule has 0 radical (unpaired) electrons. The van der Waals surface area contributed by atoms with Crippen LogP contribution < -0.4 is 4.90 Å². The number of benzene rings is 1. The Morgan fingerprint density at radius 2 is 2.05 bits per heavy atom. The molecule has 1 aromatic carbocycles. The Bertz CT molecular complexity index is 614. The number of carbonyl (C=O) groups is 1. The highest BCUT2D eigenvalue weighted by Crippen LogP contribution is 2.43. The summed E-state index contributed by atoms with van der Waals surface area (Å²) in [5.41, 5.74) is -1.27. The molecule has 2 aliphatic rings. The molecule has 0 aliphatic carbocycles. The van der Waals surface area contributed by atoms with Crippen molar-refractivity contribution >= 4 is 17.3 Å². The van der Waals surface area contributed by atoms with Crippen LogP contribution in [0.15, 0.2) is 18.2 Å². The number of rotatable bonds is 2.